The number of hydrogen-bond donors (Lipinski definition) is 2. The SMILES string of the molecule is Cc1ccc(-c2nc(S[C@H](C)C(=O)Nc3cccc(C#N)c3)n[nH]2)cc1. The molecule has 3 aromatic rings. The van der Waals surface area contributed by atoms with Crippen LogP contribution >= 0.6 is 11.8 Å². The Bertz CT molecular complexity index is 959. The molecule has 0 fully saturated rings. The van der Waals surface area contributed by atoms with E-state index in [9.17, 15) is 4.79 Å². The molecule has 2 N–H and O–H groups in total. The molecule has 0 bridgehead atoms. The number of anilines is 1. The maximum Gasteiger partial charge on any atom is 0.237 e. The van der Waals surface area contributed by atoms with Crippen molar-refractivity contribution < 1.29 is 4.79 Å². The van der Waals surface area contributed by atoms with Gasteiger partial charge >= 0.3 is 0 Å². The molecule has 1 heterocycles. The van der Waals surface area contributed by atoms with Crippen molar-refractivity contribution in [3.05, 3.63) is 59.7 Å². The van der Waals surface area contributed by atoms with Crippen molar-refractivity contribution in [1.29, 1.82) is 5.26 Å². The lowest BCUT2D eigenvalue weighted by Crippen LogP contribution is -2.22. The highest BCUT2D eigenvalue weighted by Gasteiger charge is 2.17. The number of nitrogens with one attached hydrogen (secondary N) is 2. The third-order valence-corrected chi connectivity index (χ3v) is 4.66. The van der Waals surface area contributed by atoms with Gasteiger partial charge in [0.05, 0.1) is 16.9 Å². The van der Waals surface area contributed by atoms with E-state index in [0.717, 1.165) is 5.56 Å². The second-order valence-corrected chi connectivity index (χ2v) is 7.08. The summed E-state index contributed by atoms with van der Waals surface area (Å²) in [6.07, 6.45) is 0. The summed E-state index contributed by atoms with van der Waals surface area (Å²) in [5.74, 6) is 0.494. The summed E-state index contributed by atoms with van der Waals surface area (Å²) >= 11 is 1.27. The number of H-pyrrole nitrogens is 1. The second kappa shape index (κ2) is 7.85. The molecule has 6 nitrogen and oxygen atoms in total. The lowest BCUT2D eigenvalue weighted by molar-refractivity contribution is -0.115. The van der Waals surface area contributed by atoms with Crippen LogP contribution in [0.4, 0.5) is 5.69 Å². The Labute approximate surface area is 155 Å². The number of thioether (sulfide) groups is 1. The Hall–Kier alpha value is -3.11. The monoisotopic (exact) mass is 363 g/mol. The van der Waals surface area contributed by atoms with Gasteiger partial charge in [-0.2, -0.15) is 5.26 Å². The number of aromatic amines is 1. The van der Waals surface area contributed by atoms with Gasteiger partial charge in [-0.1, -0.05) is 47.7 Å². The molecule has 0 saturated carbocycles. The number of amides is 1. The maximum absolute atomic E-state index is 12.4. The van der Waals surface area contributed by atoms with E-state index in [1.165, 1.54) is 17.3 Å². The molecule has 0 aliphatic carbocycles. The molecule has 7 heteroatoms. The summed E-state index contributed by atoms with van der Waals surface area (Å²) in [5.41, 5.74) is 3.21. The summed E-state index contributed by atoms with van der Waals surface area (Å²) in [7, 11) is 0. The fourth-order valence-electron chi connectivity index (χ4n) is 2.26. The zero-order chi connectivity index (χ0) is 18.5. The van der Waals surface area contributed by atoms with Crippen LogP contribution < -0.4 is 5.32 Å². The van der Waals surface area contributed by atoms with E-state index in [1.807, 2.05) is 31.2 Å². The van der Waals surface area contributed by atoms with E-state index < -0.39 is 0 Å². The average molecular weight is 363 g/mol. The molecule has 3 rings (SSSR count). The zero-order valence-electron chi connectivity index (χ0n) is 14.4. The van der Waals surface area contributed by atoms with Crippen molar-refractivity contribution in [3.63, 3.8) is 0 Å². The number of benzene rings is 2. The fraction of sp³-hybridized carbons (Fsp3) is 0.158. The van der Waals surface area contributed by atoms with Crippen LogP contribution in [0.2, 0.25) is 0 Å². The maximum atomic E-state index is 12.4. The highest BCUT2D eigenvalue weighted by Crippen LogP contribution is 2.24. The van der Waals surface area contributed by atoms with Crippen LogP contribution in [-0.4, -0.2) is 26.3 Å². The van der Waals surface area contributed by atoms with Gasteiger partial charge in [0.15, 0.2) is 5.82 Å². The Morgan fingerprint density at radius 1 is 1.27 bits per heavy atom. The highest BCUT2D eigenvalue weighted by atomic mass is 32.2. The first-order chi connectivity index (χ1) is 12.5. The number of nitrogens with zero attached hydrogens (tertiary/aromatic N) is 3. The van der Waals surface area contributed by atoms with E-state index >= 15 is 0 Å². The van der Waals surface area contributed by atoms with Crippen molar-refractivity contribution in [2.75, 3.05) is 5.32 Å². The van der Waals surface area contributed by atoms with Gasteiger partial charge in [0.25, 0.3) is 0 Å². The lowest BCUT2D eigenvalue weighted by Gasteiger charge is -2.10. The lowest BCUT2D eigenvalue weighted by atomic mass is 10.1. The van der Waals surface area contributed by atoms with Crippen molar-refractivity contribution in [1.82, 2.24) is 15.2 Å². The van der Waals surface area contributed by atoms with Crippen molar-refractivity contribution in [2.24, 2.45) is 0 Å². The predicted molar refractivity (Wildman–Crippen MR) is 102 cm³/mol. The van der Waals surface area contributed by atoms with Gasteiger partial charge in [-0.05, 0) is 32.0 Å². The molecule has 1 aromatic heterocycles. The molecule has 0 spiro atoms. The summed E-state index contributed by atoms with van der Waals surface area (Å²) in [6, 6.07) is 16.8. The Morgan fingerprint density at radius 3 is 2.77 bits per heavy atom. The molecule has 1 atom stereocenters. The van der Waals surface area contributed by atoms with Crippen LogP contribution in [0, 0.1) is 18.3 Å². The van der Waals surface area contributed by atoms with E-state index in [-0.39, 0.29) is 11.2 Å². The van der Waals surface area contributed by atoms with Crippen LogP contribution in [0.25, 0.3) is 11.4 Å². The largest absolute Gasteiger partial charge is 0.325 e. The number of aryl methyl sites for hydroxylation is 1. The smallest absolute Gasteiger partial charge is 0.237 e. The Kier molecular flexibility index (Phi) is 5.34. The summed E-state index contributed by atoms with van der Waals surface area (Å²) in [5, 5.41) is 18.9. The van der Waals surface area contributed by atoms with Crippen molar-refractivity contribution in [3.8, 4) is 17.5 Å². The zero-order valence-corrected chi connectivity index (χ0v) is 15.2. The van der Waals surface area contributed by atoms with Gasteiger partial charge < -0.3 is 5.32 Å². The molecule has 130 valence electrons. The van der Waals surface area contributed by atoms with Crippen molar-refractivity contribution in [2.45, 2.75) is 24.3 Å². The van der Waals surface area contributed by atoms with Crippen LogP contribution in [-0.2, 0) is 4.79 Å². The van der Waals surface area contributed by atoms with E-state index in [2.05, 4.69) is 26.6 Å². The number of carbonyl (C=O) groups excluding carboxylic acids is 1. The highest BCUT2D eigenvalue weighted by molar-refractivity contribution is 8.00. The molecule has 2 aromatic carbocycles. The van der Waals surface area contributed by atoms with Gasteiger partial charge in [-0.15, -0.1) is 5.10 Å². The van der Waals surface area contributed by atoms with Crippen LogP contribution in [0.5, 0.6) is 0 Å². The average Bonchev–Trinajstić information content (AvgIpc) is 3.11. The summed E-state index contributed by atoms with van der Waals surface area (Å²) in [6.45, 7) is 3.81. The number of rotatable bonds is 5. The van der Waals surface area contributed by atoms with Gasteiger partial charge in [-0.3, -0.25) is 9.89 Å². The van der Waals surface area contributed by atoms with E-state index in [1.54, 1.807) is 31.2 Å². The number of hydrogen-bond acceptors (Lipinski definition) is 5. The third-order valence-electron chi connectivity index (χ3n) is 3.70. The molecule has 26 heavy (non-hydrogen) atoms. The summed E-state index contributed by atoms with van der Waals surface area (Å²) in [4.78, 5) is 16.8. The van der Waals surface area contributed by atoms with E-state index in [0.29, 0.717) is 22.2 Å². The first-order valence-electron chi connectivity index (χ1n) is 8.02. The van der Waals surface area contributed by atoms with Crippen LogP contribution in [0.3, 0.4) is 0 Å². The summed E-state index contributed by atoms with van der Waals surface area (Å²) < 4.78 is 0. The van der Waals surface area contributed by atoms with Crippen LogP contribution in [0.1, 0.15) is 18.1 Å². The van der Waals surface area contributed by atoms with Gasteiger partial charge in [0.2, 0.25) is 11.1 Å². The molecule has 0 aliphatic heterocycles. The first kappa shape index (κ1) is 17.7. The minimum absolute atomic E-state index is 0.174. The molecular weight excluding hydrogens is 346 g/mol. The molecule has 0 saturated heterocycles. The van der Waals surface area contributed by atoms with Gasteiger partial charge in [0, 0.05) is 11.3 Å². The molecule has 0 unspecified atom stereocenters. The molecule has 1 amide bonds. The quantitative estimate of drug-likeness (QED) is 0.673. The first-order valence-corrected chi connectivity index (χ1v) is 8.90. The number of aromatic nitrogens is 3. The molecule has 0 aliphatic rings. The van der Waals surface area contributed by atoms with Gasteiger partial charge in [-0.25, -0.2) is 4.98 Å². The predicted octanol–water partition coefficient (Wildman–Crippen LogP) is 3.77. The minimum Gasteiger partial charge on any atom is -0.325 e. The minimum atomic E-state index is -0.387. The fourth-order valence-corrected chi connectivity index (χ4v) is 2.99. The van der Waals surface area contributed by atoms with E-state index in [4.69, 9.17) is 5.26 Å². The molecule has 0 radical (unpaired) electrons. The van der Waals surface area contributed by atoms with Crippen LogP contribution in [0.15, 0.2) is 53.7 Å². The molecular formula is C19H17N5OS. The number of carbonyl (C=O) groups is 1. The Morgan fingerprint density at radius 2 is 2.04 bits per heavy atom. The topological polar surface area (TPSA) is 94.5 Å². The van der Waals surface area contributed by atoms with Gasteiger partial charge in [0.1, 0.15) is 0 Å². The number of nitriles is 1. The second-order valence-electron chi connectivity index (χ2n) is 5.77. The van der Waals surface area contributed by atoms with Crippen molar-refractivity contribution >= 4 is 23.4 Å². The normalized spacial score (nSPS) is 11.6. The standard InChI is InChI=1S/C19H17N5OS/c1-12-6-8-15(9-7-12)17-22-19(24-23-17)26-13(2)18(25)21-16-5-3-4-14(10-16)11-20/h3-10,13H,1-2H3,(H,21,25)(H,22,23,24)/t13-/m1/s1. The Balaban J connectivity index is 1.64. The third kappa shape index (κ3) is 4.29.